The number of aromatic amines is 1. The van der Waals surface area contributed by atoms with E-state index in [4.69, 9.17) is 28.6 Å². The monoisotopic (exact) mass is 570 g/mol. The molecule has 41 heavy (non-hydrogen) atoms. The number of aryl methyl sites for hydroxylation is 3. The molecule has 1 aliphatic rings. The number of nitrogens with zero attached hydrogens (tertiary/aromatic N) is 7. The number of pyridine rings is 1. The number of hydrogen-bond donors (Lipinski definition) is 1. The Bertz CT molecular complexity index is 1820. The predicted octanol–water partition coefficient (Wildman–Crippen LogP) is 4.92. The Kier molecular flexibility index (Phi) is 7.08. The quantitative estimate of drug-likeness (QED) is 0.246. The minimum Gasteiger partial charge on any atom is -0.491 e. The van der Waals surface area contributed by atoms with Gasteiger partial charge in [0.25, 0.3) is 11.5 Å². The van der Waals surface area contributed by atoms with E-state index in [2.05, 4.69) is 19.8 Å². The molecule has 1 saturated heterocycles. The van der Waals surface area contributed by atoms with Gasteiger partial charge in [-0.1, -0.05) is 13.0 Å². The number of thiocarbonyl (C=S) groups is 1. The SMILES string of the molecule is [C-]#[N+]c1ccc(N2C(=O)C(C)(C)N(c3cc(-c4nn5c(CCC)nc(C)c5c(=O)[nH]4)c(OCC)cn3)C2=S)cc1C. The summed E-state index contributed by atoms with van der Waals surface area (Å²) in [5, 5.41) is 4.99. The Morgan fingerprint density at radius 2 is 1.93 bits per heavy atom. The van der Waals surface area contributed by atoms with Gasteiger partial charge in [0.1, 0.15) is 22.9 Å². The molecule has 210 valence electrons. The van der Waals surface area contributed by atoms with Gasteiger partial charge in [-0.3, -0.25) is 19.4 Å². The molecule has 0 aliphatic carbocycles. The molecule has 4 heterocycles. The molecule has 12 heteroatoms. The van der Waals surface area contributed by atoms with E-state index >= 15 is 0 Å². The summed E-state index contributed by atoms with van der Waals surface area (Å²) in [4.78, 5) is 45.6. The van der Waals surface area contributed by atoms with Gasteiger partial charge in [-0.25, -0.2) is 19.3 Å². The number of amides is 1. The third kappa shape index (κ3) is 4.52. The smallest absolute Gasteiger partial charge is 0.277 e. The number of anilines is 2. The number of carbonyl (C=O) groups excluding carboxylic acids is 1. The van der Waals surface area contributed by atoms with Gasteiger partial charge < -0.3 is 9.72 Å². The molecule has 0 radical (unpaired) electrons. The lowest BCUT2D eigenvalue weighted by Crippen LogP contribution is -2.44. The summed E-state index contributed by atoms with van der Waals surface area (Å²) in [5.41, 5.74) is 1.92. The van der Waals surface area contributed by atoms with Gasteiger partial charge in [-0.15, -0.1) is 5.10 Å². The Labute approximate surface area is 242 Å². The molecule has 0 bridgehead atoms. The van der Waals surface area contributed by atoms with Crippen molar-refractivity contribution in [2.75, 3.05) is 16.4 Å². The highest BCUT2D eigenvalue weighted by molar-refractivity contribution is 7.81. The summed E-state index contributed by atoms with van der Waals surface area (Å²) < 4.78 is 7.46. The van der Waals surface area contributed by atoms with E-state index in [0.29, 0.717) is 58.6 Å². The first-order valence-corrected chi connectivity index (χ1v) is 13.7. The maximum Gasteiger partial charge on any atom is 0.277 e. The van der Waals surface area contributed by atoms with Crippen LogP contribution in [0.4, 0.5) is 17.2 Å². The van der Waals surface area contributed by atoms with Crippen molar-refractivity contribution >= 4 is 45.9 Å². The molecule has 3 aromatic heterocycles. The van der Waals surface area contributed by atoms with Crippen LogP contribution in [0.1, 0.15) is 51.2 Å². The van der Waals surface area contributed by atoms with Gasteiger partial charge in [0.05, 0.1) is 30.6 Å². The maximum absolute atomic E-state index is 13.7. The van der Waals surface area contributed by atoms with Crippen LogP contribution in [0, 0.1) is 20.4 Å². The van der Waals surface area contributed by atoms with Crippen molar-refractivity contribution in [1.29, 1.82) is 0 Å². The number of fused-ring (bicyclic) bond motifs is 1. The zero-order valence-electron chi connectivity index (χ0n) is 23.8. The lowest BCUT2D eigenvalue weighted by Gasteiger charge is -2.28. The highest BCUT2D eigenvalue weighted by Gasteiger charge is 2.51. The number of carbonyl (C=O) groups is 1. The number of aromatic nitrogens is 5. The van der Waals surface area contributed by atoms with E-state index in [1.54, 1.807) is 60.6 Å². The van der Waals surface area contributed by atoms with Crippen molar-refractivity contribution < 1.29 is 9.53 Å². The van der Waals surface area contributed by atoms with E-state index in [9.17, 15) is 9.59 Å². The predicted molar refractivity (Wildman–Crippen MR) is 161 cm³/mol. The van der Waals surface area contributed by atoms with Crippen LogP contribution in [0.15, 0.2) is 35.3 Å². The van der Waals surface area contributed by atoms with Crippen LogP contribution in [0.2, 0.25) is 0 Å². The molecule has 1 N–H and O–H groups in total. The van der Waals surface area contributed by atoms with Crippen molar-refractivity contribution in [3.63, 3.8) is 0 Å². The van der Waals surface area contributed by atoms with Crippen molar-refractivity contribution in [2.24, 2.45) is 0 Å². The van der Waals surface area contributed by atoms with Crippen LogP contribution in [0.5, 0.6) is 5.75 Å². The molecule has 0 saturated carbocycles. The van der Waals surface area contributed by atoms with Crippen LogP contribution in [0.3, 0.4) is 0 Å². The summed E-state index contributed by atoms with van der Waals surface area (Å²) in [5.74, 6) is 1.55. The summed E-state index contributed by atoms with van der Waals surface area (Å²) in [6.07, 6.45) is 3.05. The van der Waals surface area contributed by atoms with E-state index in [1.807, 2.05) is 20.8 Å². The van der Waals surface area contributed by atoms with Crippen molar-refractivity contribution in [1.82, 2.24) is 24.6 Å². The fourth-order valence-electron chi connectivity index (χ4n) is 5.06. The van der Waals surface area contributed by atoms with Gasteiger partial charge >= 0.3 is 0 Å². The van der Waals surface area contributed by atoms with Crippen LogP contribution in [-0.4, -0.2) is 47.7 Å². The van der Waals surface area contributed by atoms with Crippen LogP contribution >= 0.6 is 12.2 Å². The van der Waals surface area contributed by atoms with Gasteiger partial charge in [-0.05, 0) is 77.0 Å². The zero-order valence-corrected chi connectivity index (χ0v) is 24.6. The number of H-pyrrole nitrogens is 1. The van der Waals surface area contributed by atoms with Gasteiger partial charge in [0.15, 0.2) is 22.1 Å². The van der Waals surface area contributed by atoms with Gasteiger partial charge in [0, 0.05) is 12.1 Å². The number of ether oxygens (including phenoxy) is 1. The summed E-state index contributed by atoms with van der Waals surface area (Å²) in [7, 11) is 0. The fourth-order valence-corrected chi connectivity index (χ4v) is 5.57. The average molecular weight is 571 g/mol. The molecule has 11 nitrogen and oxygen atoms in total. The number of benzene rings is 1. The highest BCUT2D eigenvalue weighted by atomic mass is 32.1. The second kappa shape index (κ2) is 10.4. The second-order valence-electron chi connectivity index (χ2n) is 10.3. The average Bonchev–Trinajstić information content (AvgIpc) is 3.33. The molecule has 1 aliphatic heterocycles. The Morgan fingerprint density at radius 3 is 2.59 bits per heavy atom. The largest absolute Gasteiger partial charge is 0.491 e. The molecule has 5 rings (SSSR count). The normalized spacial score (nSPS) is 14.7. The zero-order chi connectivity index (χ0) is 29.6. The minimum absolute atomic E-state index is 0.235. The third-order valence-electron chi connectivity index (χ3n) is 7.08. The first kappa shape index (κ1) is 27.9. The van der Waals surface area contributed by atoms with E-state index in [-0.39, 0.29) is 22.4 Å². The number of nitrogens with one attached hydrogen (secondary N) is 1. The van der Waals surface area contributed by atoms with Gasteiger partial charge in [-0.2, -0.15) is 0 Å². The molecule has 0 unspecified atom stereocenters. The summed E-state index contributed by atoms with van der Waals surface area (Å²) in [6.45, 7) is 18.8. The maximum atomic E-state index is 13.7. The van der Waals surface area contributed by atoms with Crippen molar-refractivity contribution in [2.45, 2.75) is 59.9 Å². The summed E-state index contributed by atoms with van der Waals surface area (Å²) >= 11 is 5.85. The minimum atomic E-state index is -1.08. The number of imidazole rings is 1. The molecular weight excluding hydrogens is 540 g/mol. The first-order valence-electron chi connectivity index (χ1n) is 13.3. The molecular formula is C29H30N8O3S. The Balaban J connectivity index is 1.65. The van der Waals surface area contributed by atoms with E-state index in [0.717, 1.165) is 12.0 Å². The summed E-state index contributed by atoms with van der Waals surface area (Å²) in [6, 6.07) is 6.89. The van der Waals surface area contributed by atoms with Crippen molar-refractivity contribution in [3.05, 3.63) is 69.3 Å². The molecule has 1 amide bonds. The highest BCUT2D eigenvalue weighted by Crippen LogP contribution is 2.39. The third-order valence-corrected chi connectivity index (χ3v) is 7.45. The Morgan fingerprint density at radius 1 is 1.17 bits per heavy atom. The topological polar surface area (TPSA) is 113 Å². The number of hydrogen-bond acceptors (Lipinski definition) is 7. The first-order chi connectivity index (χ1) is 19.5. The lowest BCUT2D eigenvalue weighted by molar-refractivity contribution is -0.120. The van der Waals surface area contributed by atoms with Crippen LogP contribution in [-0.2, 0) is 11.2 Å². The van der Waals surface area contributed by atoms with Crippen LogP contribution in [0.25, 0.3) is 21.7 Å². The van der Waals surface area contributed by atoms with E-state index < -0.39 is 5.54 Å². The second-order valence-corrected chi connectivity index (χ2v) is 10.7. The van der Waals surface area contributed by atoms with Crippen molar-refractivity contribution in [3.8, 4) is 17.1 Å². The molecule has 1 fully saturated rings. The number of rotatable bonds is 7. The van der Waals surface area contributed by atoms with E-state index in [1.165, 1.54) is 4.90 Å². The molecule has 0 spiro atoms. The molecule has 4 aromatic rings. The van der Waals surface area contributed by atoms with Gasteiger partial charge in [0.2, 0.25) is 0 Å². The molecule has 1 aromatic carbocycles. The fraction of sp³-hybridized carbons (Fsp3) is 0.345. The molecule has 0 atom stereocenters. The Hall–Kier alpha value is -4.63. The standard InChI is InChI=1S/C29H30N8O3S/c1-8-10-22-32-17(4)24-26(38)33-25(34-37(22)24)19-14-23(31-15-21(19)40-9-2)36-28(41)35(27(39)29(36,5)6)18-11-12-20(30-7)16(3)13-18/h11-15H,8-10H2,1-6H3,(H,33,34,38). The lowest BCUT2D eigenvalue weighted by atomic mass is 10.0. The van der Waals surface area contributed by atoms with Crippen LogP contribution < -0.4 is 20.1 Å².